The van der Waals surface area contributed by atoms with E-state index in [1.807, 2.05) is 0 Å². The highest BCUT2D eigenvalue weighted by molar-refractivity contribution is 6.55. The molecule has 1 aliphatic heterocycles. The molecule has 0 bridgehead atoms. The zero-order valence-corrected chi connectivity index (χ0v) is 17.2. The van der Waals surface area contributed by atoms with Gasteiger partial charge in [-0.3, -0.25) is 4.90 Å². The van der Waals surface area contributed by atoms with Crippen molar-refractivity contribution in [1.29, 1.82) is 0 Å². The van der Waals surface area contributed by atoms with Gasteiger partial charge >= 0.3 is 12.0 Å². The summed E-state index contributed by atoms with van der Waals surface area (Å²) in [6.07, 6.45) is 2.42. The number of nitrogens with one attached hydrogen (secondary N) is 1. The predicted molar refractivity (Wildman–Crippen MR) is 103 cm³/mol. The molecular weight excluding hydrogens is 367 g/mol. The highest BCUT2D eigenvalue weighted by Crippen LogP contribution is 2.27. The summed E-state index contributed by atoms with van der Waals surface area (Å²) >= 11 is 0. The summed E-state index contributed by atoms with van der Waals surface area (Å²) in [5.41, 5.74) is 0.882. The van der Waals surface area contributed by atoms with Crippen LogP contribution in [0.15, 0.2) is 36.0 Å². The molecular formula is C19H27FN2O4Si. The molecule has 1 aromatic rings. The maximum absolute atomic E-state index is 13.2. The molecule has 1 unspecified atom stereocenters. The van der Waals surface area contributed by atoms with E-state index in [-0.39, 0.29) is 30.8 Å². The topological polar surface area (TPSA) is 67.9 Å². The van der Waals surface area contributed by atoms with Crippen molar-refractivity contribution in [2.75, 3.05) is 19.9 Å². The highest BCUT2D eigenvalue weighted by Gasteiger charge is 2.32. The van der Waals surface area contributed by atoms with Gasteiger partial charge in [0.25, 0.3) is 0 Å². The number of rotatable bonds is 9. The molecule has 2 rings (SSSR count). The van der Waals surface area contributed by atoms with Gasteiger partial charge in [-0.25, -0.2) is 14.0 Å². The van der Waals surface area contributed by atoms with Gasteiger partial charge in [0.1, 0.15) is 12.5 Å². The van der Waals surface area contributed by atoms with Crippen molar-refractivity contribution < 1.29 is 23.5 Å². The fraction of sp³-hybridized carbons (Fsp3) is 0.474. The summed E-state index contributed by atoms with van der Waals surface area (Å²) in [6, 6.07) is 5.76. The van der Waals surface area contributed by atoms with E-state index >= 15 is 0 Å². The molecule has 0 fully saturated rings. The Kier molecular flexibility index (Phi) is 7.99. The van der Waals surface area contributed by atoms with E-state index in [1.54, 1.807) is 6.92 Å². The maximum Gasteiger partial charge on any atom is 0.337 e. The van der Waals surface area contributed by atoms with Crippen LogP contribution in [0.1, 0.15) is 24.9 Å². The zero-order chi connectivity index (χ0) is 19.8. The second kappa shape index (κ2) is 10.2. The largest absolute Gasteiger partial charge is 0.463 e. The molecule has 0 aromatic heterocycles. The Bertz CT molecular complexity index is 679. The van der Waals surface area contributed by atoms with E-state index in [1.165, 1.54) is 41.4 Å². The molecule has 8 heteroatoms. The number of hydrogen-bond acceptors (Lipinski definition) is 4. The third-order valence-corrected chi connectivity index (χ3v) is 5.71. The average Bonchev–Trinajstić information content (AvgIpc) is 2.63. The lowest BCUT2D eigenvalue weighted by Crippen LogP contribution is -2.46. The first-order valence-corrected chi connectivity index (χ1v) is 12.3. The lowest BCUT2D eigenvalue weighted by molar-refractivity contribution is -0.139. The van der Waals surface area contributed by atoms with Gasteiger partial charge in [-0.1, -0.05) is 31.3 Å². The molecule has 0 radical (unpaired) electrons. The van der Waals surface area contributed by atoms with Crippen molar-refractivity contribution >= 4 is 20.8 Å². The van der Waals surface area contributed by atoms with Gasteiger partial charge < -0.3 is 14.8 Å². The van der Waals surface area contributed by atoms with Crippen LogP contribution in [0.5, 0.6) is 0 Å². The monoisotopic (exact) mass is 394 g/mol. The van der Waals surface area contributed by atoms with Gasteiger partial charge in [0.15, 0.2) is 0 Å². The van der Waals surface area contributed by atoms with Gasteiger partial charge in [0.2, 0.25) is 0 Å². The van der Waals surface area contributed by atoms with E-state index in [2.05, 4.69) is 18.4 Å². The Morgan fingerprint density at radius 3 is 2.63 bits per heavy atom. The van der Waals surface area contributed by atoms with E-state index in [0.717, 1.165) is 6.42 Å². The molecule has 0 saturated carbocycles. The minimum atomic E-state index is -0.694. The summed E-state index contributed by atoms with van der Waals surface area (Å²) in [5.74, 6) is -0.912. The number of carbonyl (C=O) groups excluding carboxylic acids is 2. The number of esters is 1. The summed E-state index contributed by atoms with van der Waals surface area (Å²) in [6.45, 7) is 7.12. The second-order valence-corrected chi connectivity index (χ2v) is 10.1. The summed E-state index contributed by atoms with van der Waals surface area (Å²) < 4.78 is 23.9. The number of halogens is 1. The fourth-order valence-electron chi connectivity index (χ4n) is 2.74. The van der Waals surface area contributed by atoms with Crippen LogP contribution in [0.3, 0.4) is 0 Å². The van der Waals surface area contributed by atoms with Crippen LogP contribution in [0, 0.1) is 5.82 Å². The molecule has 1 aliphatic rings. The highest BCUT2D eigenvalue weighted by atomic mass is 28.3. The number of hydrogen-bond donors (Lipinski definition) is 1. The van der Waals surface area contributed by atoms with E-state index in [0.29, 0.717) is 12.2 Å². The van der Waals surface area contributed by atoms with E-state index < -0.39 is 20.8 Å². The smallest absolute Gasteiger partial charge is 0.337 e. The molecule has 0 aliphatic carbocycles. The molecule has 0 spiro atoms. The average molecular weight is 395 g/mol. The molecule has 148 valence electrons. The van der Waals surface area contributed by atoms with Crippen LogP contribution in [-0.4, -0.2) is 45.6 Å². The predicted octanol–water partition coefficient (Wildman–Crippen LogP) is 3.19. The van der Waals surface area contributed by atoms with Crippen molar-refractivity contribution in [3.8, 4) is 0 Å². The number of carbonyl (C=O) groups is 2. The normalized spacial score (nSPS) is 16.9. The first-order chi connectivity index (χ1) is 12.9. The van der Waals surface area contributed by atoms with Crippen LogP contribution in [0.25, 0.3) is 0 Å². The quantitative estimate of drug-likeness (QED) is 0.397. The van der Waals surface area contributed by atoms with Gasteiger partial charge in [-0.05, 0) is 31.0 Å². The molecule has 1 heterocycles. The zero-order valence-electron chi connectivity index (χ0n) is 16.0. The molecule has 0 saturated heterocycles. The van der Waals surface area contributed by atoms with Gasteiger partial charge in [-0.15, -0.1) is 0 Å². The minimum absolute atomic E-state index is 0.0600. The Morgan fingerprint density at radius 2 is 2.00 bits per heavy atom. The first kappa shape index (κ1) is 21.1. The second-order valence-electron chi connectivity index (χ2n) is 6.78. The van der Waals surface area contributed by atoms with Crippen LogP contribution < -0.4 is 5.32 Å². The van der Waals surface area contributed by atoms with E-state index in [9.17, 15) is 14.0 Å². The summed E-state index contributed by atoms with van der Waals surface area (Å²) in [4.78, 5) is 26.1. The van der Waals surface area contributed by atoms with Crippen molar-refractivity contribution in [1.82, 2.24) is 10.2 Å². The molecule has 1 atom stereocenters. The molecule has 27 heavy (non-hydrogen) atoms. The molecule has 2 amide bonds. The number of urea groups is 1. The van der Waals surface area contributed by atoms with E-state index in [4.69, 9.17) is 9.47 Å². The SMILES string of the molecule is CCOC(=O)C1=CN(COCCC[SiH](C)C)C(=O)NC1c1ccc(F)cc1. The van der Waals surface area contributed by atoms with Crippen molar-refractivity contribution in [2.45, 2.75) is 38.5 Å². The number of ether oxygens (including phenoxy) is 2. The van der Waals surface area contributed by atoms with Crippen molar-refractivity contribution in [3.63, 3.8) is 0 Å². The number of benzene rings is 1. The van der Waals surface area contributed by atoms with Gasteiger partial charge in [0.05, 0.1) is 18.2 Å². The van der Waals surface area contributed by atoms with Crippen LogP contribution in [-0.2, 0) is 14.3 Å². The van der Waals surface area contributed by atoms with Gasteiger partial charge in [-0.2, -0.15) is 0 Å². The maximum atomic E-state index is 13.2. The Hall–Kier alpha value is -2.19. The molecule has 1 aromatic carbocycles. The standard InChI is InChI=1S/C19H27FN2O4Si/c1-4-26-18(23)16-12-22(13-25-10-5-11-27(2)3)19(24)21-17(16)14-6-8-15(20)9-7-14/h6-9,12,17,27H,4-5,10-11,13H2,1-3H3,(H,21,24). The Morgan fingerprint density at radius 1 is 1.30 bits per heavy atom. The molecule has 6 nitrogen and oxygen atoms in total. The van der Waals surface area contributed by atoms with Gasteiger partial charge in [0, 0.05) is 21.6 Å². The summed E-state index contributed by atoms with van der Waals surface area (Å²) in [5, 5.41) is 2.77. The lowest BCUT2D eigenvalue weighted by Gasteiger charge is -2.31. The summed E-state index contributed by atoms with van der Waals surface area (Å²) in [7, 11) is -0.611. The van der Waals surface area contributed by atoms with Crippen LogP contribution >= 0.6 is 0 Å². The number of amides is 2. The fourth-order valence-corrected chi connectivity index (χ4v) is 3.72. The molecule has 1 N–H and O–H groups in total. The minimum Gasteiger partial charge on any atom is -0.463 e. The van der Waals surface area contributed by atoms with Crippen molar-refractivity contribution in [2.24, 2.45) is 0 Å². The third-order valence-electron chi connectivity index (χ3n) is 4.15. The first-order valence-electron chi connectivity index (χ1n) is 9.21. The Labute approximate surface area is 160 Å². The van der Waals surface area contributed by atoms with Crippen LogP contribution in [0.2, 0.25) is 19.1 Å². The van der Waals surface area contributed by atoms with Crippen molar-refractivity contribution in [3.05, 3.63) is 47.4 Å². The lowest BCUT2D eigenvalue weighted by atomic mass is 9.98. The number of nitrogens with zero attached hydrogens (tertiary/aromatic N) is 1. The third kappa shape index (κ3) is 6.18. The van der Waals surface area contributed by atoms with Crippen LogP contribution in [0.4, 0.5) is 9.18 Å². The Balaban J connectivity index is 2.12.